The van der Waals surface area contributed by atoms with E-state index in [0.717, 1.165) is 12.8 Å². The van der Waals surface area contributed by atoms with Crippen LogP contribution in [0, 0.1) is 0 Å². The minimum Gasteiger partial charge on any atom is -0.495 e. The molecule has 0 radical (unpaired) electrons. The number of benzene rings is 2. The number of sulfonamides is 1. The van der Waals surface area contributed by atoms with Crippen LogP contribution in [0.4, 0.5) is 11.4 Å². The van der Waals surface area contributed by atoms with Gasteiger partial charge in [0.15, 0.2) is 0 Å². The normalized spacial score (nSPS) is 11.3. The van der Waals surface area contributed by atoms with Crippen molar-refractivity contribution in [2.45, 2.75) is 44.9 Å². The number of hydrogen-bond donors (Lipinski definition) is 2. The molecule has 0 saturated carbocycles. The zero-order chi connectivity index (χ0) is 23.7. The van der Waals surface area contributed by atoms with Gasteiger partial charge in [0.2, 0.25) is 15.9 Å². The Bertz CT molecular complexity index is 1030. The van der Waals surface area contributed by atoms with Crippen molar-refractivity contribution in [3.05, 3.63) is 48.0 Å². The molecule has 0 spiro atoms. The third-order valence-electron chi connectivity index (χ3n) is 4.95. The number of nitrogens with one attached hydrogen (secondary N) is 2. The number of amides is 2. The van der Waals surface area contributed by atoms with Gasteiger partial charge in [-0.1, -0.05) is 27.2 Å². The van der Waals surface area contributed by atoms with Crippen molar-refractivity contribution in [2.75, 3.05) is 30.8 Å². The molecule has 0 aliphatic rings. The summed E-state index contributed by atoms with van der Waals surface area (Å²) in [5, 5.41) is 5.51. The van der Waals surface area contributed by atoms with E-state index in [1.165, 1.54) is 29.6 Å². The maximum absolute atomic E-state index is 12.8. The van der Waals surface area contributed by atoms with Crippen molar-refractivity contribution in [1.82, 2.24) is 4.31 Å². The molecule has 2 N–H and O–H groups in total. The van der Waals surface area contributed by atoms with Gasteiger partial charge in [-0.05, 0) is 48.9 Å². The summed E-state index contributed by atoms with van der Waals surface area (Å²) >= 11 is 0. The van der Waals surface area contributed by atoms with E-state index in [4.69, 9.17) is 4.74 Å². The molecule has 2 amide bonds. The van der Waals surface area contributed by atoms with Gasteiger partial charge >= 0.3 is 0 Å². The smallest absolute Gasteiger partial charge is 0.255 e. The lowest BCUT2D eigenvalue weighted by atomic mass is 10.1. The Balaban J connectivity index is 2.21. The predicted molar refractivity (Wildman–Crippen MR) is 126 cm³/mol. The van der Waals surface area contributed by atoms with Gasteiger partial charge < -0.3 is 15.4 Å². The fourth-order valence-electron chi connectivity index (χ4n) is 3.12. The maximum Gasteiger partial charge on any atom is 0.255 e. The first-order chi connectivity index (χ1) is 15.3. The van der Waals surface area contributed by atoms with Crippen LogP contribution in [-0.4, -0.2) is 44.7 Å². The lowest BCUT2D eigenvalue weighted by molar-refractivity contribution is -0.116. The molecule has 8 nitrogen and oxygen atoms in total. The maximum atomic E-state index is 12.8. The number of hydrogen-bond acceptors (Lipinski definition) is 5. The molecule has 2 rings (SSSR count). The fraction of sp³-hybridized carbons (Fsp3) is 0.391. The summed E-state index contributed by atoms with van der Waals surface area (Å²) in [5.74, 6) is -0.152. The predicted octanol–water partition coefficient (Wildman–Crippen LogP) is 4.11. The van der Waals surface area contributed by atoms with E-state index >= 15 is 0 Å². The first-order valence-electron chi connectivity index (χ1n) is 10.7. The summed E-state index contributed by atoms with van der Waals surface area (Å²) in [6.07, 6.45) is 2.20. The van der Waals surface area contributed by atoms with Crippen LogP contribution < -0.4 is 15.4 Å². The molecule has 0 heterocycles. The number of anilines is 2. The average Bonchev–Trinajstić information content (AvgIpc) is 2.78. The molecule has 174 valence electrons. The van der Waals surface area contributed by atoms with Gasteiger partial charge in [-0.3, -0.25) is 9.59 Å². The fourth-order valence-corrected chi connectivity index (χ4v) is 4.60. The molecule has 0 unspecified atom stereocenters. The van der Waals surface area contributed by atoms with Crippen LogP contribution in [0.5, 0.6) is 5.75 Å². The molecule has 0 atom stereocenters. The number of nitrogens with zero attached hydrogens (tertiary/aromatic N) is 1. The second kappa shape index (κ2) is 11.6. The molecule has 2 aromatic carbocycles. The molecule has 0 aliphatic heterocycles. The van der Waals surface area contributed by atoms with Crippen molar-refractivity contribution < 1.29 is 22.7 Å². The Labute approximate surface area is 190 Å². The number of rotatable bonds is 11. The summed E-state index contributed by atoms with van der Waals surface area (Å²) in [4.78, 5) is 24.7. The zero-order valence-electron chi connectivity index (χ0n) is 19.0. The number of unbranched alkanes of at least 4 members (excludes halogenated alkanes) is 1. The third-order valence-corrected chi connectivity index (χ3v) is 7.00. The number of ether oxygens (including phenoxy) is 1. The number of methoxy groups -OCH3 is 1. The minimum absolute atomic E-state index is 0.0694. The summed E-state index contributed by atoms with van der Waals surface area (Å²) < 4.78 is 32.3. The number of carbonyl (C=O) groups excluding carboxylic acids is 2. The summed E-state index contributed by atoms with van der Waals surface area (Å²) in [6.45, 7) is 6.23. The highest BCUT2D eigenvalue weighted by atomic mass is 32.2. The molecule has 0 saturated heterocycles. The van der Waals surface area contributed by atoms with E-state index in [9.17, 15) is 18.0 Å². The Hall–Kier alpha value is -2.91. The van der Waals surface area contributed by atoms with E-state index in [1.807, 2.05) is 6.92 Å². The van der Waals surface area contributed by atoms with Gasteiger partial charge in [0.25, 0.3) is 5.91 Å². The summed E-state index contributed by atoms with van der Waals surface area (Å²) in [6, 6.07) is 10.8. The summed E-state index contributed by atoms with van der Waals surface area (Å²) in [5.41, 5.74) is 1.21. The average molecular weight is 462 g/mol. The standard InChI is InChI=1S/C23H31N3O5S/c1-5-8-9-22(27)24-18-12-10-17(11-13-18)23(28)25-20-16-19(14-15-21(20)31-4)32(29,30)26(6-2)7-3/h10-16H,5-9H2,1-4H3,(H,24,27)(H,25,28). The molecule has 0 aliphatic carbocycles. The van der Waals surface area contributed by atoms with Crippen LogP contribution in [0.2, 0.25) is 0 Å². The van der Waals surface area contributed by atoms with Crippen LogP contribution in [0.25, 0.3) is 0 Å². The van der Waals surface area contributed by atoms with E-state index in [-0.39, 0.29) is 16.5 Å². The van der Waals surface area contributed by atoms with Crippen LogP contribution in [0.1, 0.15) is 50.4 Å². The van der Waals surface area contributed by atoms with Crippen LogP contribution in [-0.2, 0) is 14.8 Å². The van der Waals surface area contributed by atoms with E-state index in [0.29, 0.717) is 36.5 Å². The Morgan fingerprint density at radius 2 is 1.62 bits per heavy atom. The SMILES string of the molecule is CCCCC(=O)Nc1ccc(C(=O)Nc2cc(S(=O)(=O)N(CC)CC)ccc2OC)cc1. The molecular weight excluding hydrogens is 430 g/mol. The van der Waals surface area contributed by atoms with E-state index in [2.05, 4.69) is 10.6 Å². The number of carbonyl (C=O) groups is 2. The molecule has 9 heteroatoms. The molecule has 0 fully saturated rings. The Morgan fingerprint density at radius 3 is 2.19 bits per heavy atom. The van der Waals surface area contributed by atoms with E-state index < -0.39 is 15.9 Å². The van der Waals surface area contributed by atoms with Gasteiger partial charge in [0.1, 0.15) is 5.75 Å². The third kappa shape index (κ3) is 6.30. The molecule has 0 aromatic heterocycles. The second-order valence-electron chi connectivity index (χ2n) is 7.13. The first kappa shape index (κ1) is 25.4. The van der Waals surface area contributed by atoms with Crippen molar-refractivity contribution in [3.8, 4) is 5.75 Å². The second-order valence-corrected chi connectivity index (χ2v) is 9.07. The van der Waals surface area contributed by atoms with Crippen molar-refractivity contribution >= 4 is 33.2 Å². The highest BCUT2D eigenvalue weighted by Gasteiger charge is 2.23. The van der Waals surface area contributed by atoms with Gasteiger partial charge in [-0.2, -0.15) is 4.31 Å². The first-order valence-corrected chi connectivity index (χ1v) is 12.1. The monoisotopic (exact) mass is 461 g/mol. The summed E-state index contributed by atoms with van der Waals surface area (Å²) in [7, 11) is -2.24. The van der Waals surface area contributed by atoms with Crippen LogP contribution in [0.3, 0.4) is 0 Å². The van der Waals surface area contributed by atoms with Gasteiger partial charge in [-0.15, -0.1) is 0 Å². The lowest BCUT2D eigenvalue weighted by Gasteiger charge is -2.19. The van der Waals surface area contributed by atoms with Gasteiger partial charge in [0.05, 0.1) is 17.7 Å². The molecule has 0 bridgehead atoms. The van der Waals surface area contributed by atoms with Crippen molar-refractivity contribution in [3.63, 3.8) is 0 Å². The van der Waals surface area contributed by atoms with E-state index in [1.54, 1.807) is 38.1 Å². The van der Waals surface area contributed by atoms with Crippen LogP contribution >= 0.6 is 0 Å². The largest absolute Gasteiger partial charge is 0.495 e. The van der Waals surface area contributed by atoms with Gasteiger partial charge in [-0.25, -0.2) is 8.42 Å². The lowest BCUT2D eigenvalue weighted by Crippen LogP contribution is -2.30. The Morgan fingerprint density at radius 1 is 0.969 bits per heavy atom. The zero-order valence-corrected chi connectivity index (χ0v) is 19.8. The van der Waals surface area contributed by atoms with Gasteiger partial charge in [0, 0.05) is 30.8 Å². The molecule has 32 heavy (non-hydrogen) atoms. The Kier molecular flexibility index (Phi) is 9.22. The topological polar surface area (TPSA) is 105 Å². The quantitative estimate of drug-likeness (QED) is 0.524. The van der Waals surface area contributed by atoms with Crippen LogP contribution in [0.15, 0.2) is 47.4 Å². The van der Waals surface area contributed by atoms with Crippen molar-refractivity contribution in [1.29, 1.82) is 0 Å². The molecular formula is C23H31N3O5S. The molecule has 2 aromatic rings. The highest BCUT2D eigenvalue weighted by molar-refractivity contribution is 7.89. The van der Waals surface area contributed by atoms with Crippen molar-refractivity contribution in [2.24, 2.45) is 0 Å². The highest BCUT2D eigenvalue weighted by Crippen LogP contribution is 2.29. The minimum atomic E-state index is -3.69.